The van der Waals surface area contributed by atoms with Gasteiger partial charge in [-0.3, -0.25) is 9.59 Å². The van der Waals surface area contributed by atoms with Gasteiger partial charge in [0.15, 0.2) is 5.43 Å². The lowest BCUT2D eigenvalue weighted by Crippen LogP contribution is -2.36. The fourth-order valence-electron chi connectivity index (χ4n) is 4.70. The van der Waals surface area contributed by atoms with Crippen molar-refractivity contribution in [3.05, 3.63) is 79.6 Å². The lowest BCUT2D eigenvalue weighted by atomic mass is 9.86. The minimum Gasteiger partial charge on any atom is -0.450 e. The number of halogens is 1. The molecule has 0 spiro atoms. The molecule has 2 aliphatic rings. The van der Waals surface area contributed by atoms with E-state index in [1.165, 1.54) is 5.56 Å². The summed E-state index contributed by atoms with van der Waals surface area (Å²) in [6.45, 7) is 7.64. The van der Waals surface area contributed by atoms with E-state index in [9.17, 15) is 9.59 Å². The fraction of sp³-hybridized carbons (Fsp3) is 0.385. The Morgan fingerprint density at radius 1 is 1.09 bits per heavy atom. The fourth-order valence-corrected chi connectivity index (χ4v) is 5.06. The van der Waals surface area contributed by atoms with Crippen molar-refractivity contribution < 1.29 is 13.9 Å². The monoisotopic (exact) mass is 495 g/mol. The molecule has 5 nitrogen and oxygen atoms in total. The molecule has 3 aromatic rings. The second-order valence-corrected chi connectivity index (χ2v) is 10.6. The molecule has 1 fully saturated rings. The molecule has 0 saturated carbocycles. The molecule has 1 saturated heterocycles. The molecule has 2 atom stereocenters. The van der Waals surface area contributed by atoms with Gasteiger partial charge < -0.3 is 14.1 Å². The molecule has 3 heterocycles. The first-order valence-corrected chi connectivity index (χ1v) is 11.8. The highest BCUT2D eigenvalue weighted by atomic mass is 79.9. The minimum atomic E-state index is -0.490. The number of fused-ring (bicyclic) bond motifs is 2. The molecule has 2 aromatic carbocycles. The van der Waals surface area contributed by atoms with E-state index < -0.39 is 6.04 Å². The number of carbonyl (C=O) groups excluding carboxylic acids is 1. The summed E-state index contributed by atoms with van der Waals surface area (Å²) in [6.07, 6.45) is 1.87. The summed E-state index contributed by atoms with van der Waals surface area (Å²) in [7, 11) is 0. The Morgan fingerprint density at radius 2 is 1.84 bits per heavy atom. The molecule has 32 heavy (non-hydrogen) atoms. The summed E-state index contributed by atoms with van der Waals surface area (Å²) in [4.78, 5) is 28.9. The van der Waals surface area contributed by atoms with E-state index in [-0.39, 0.29) is 28.6 Å². The smallest absolute Gasteiger partial charge is 0.291 e. The van der Waals surface area contributed by atoms with Gasteiger partial charge in [-0.15, -0.1) is 0 Å². The third-order valence-corrected chi connectivity index (χ3v) is 6.94. The van der Waals surface area contributed by atoms with Gasteiger partial charge in [0.1, 0.15) is 5.58 Å². The van der Waals surface area contributed by atoms with Crippen LogP contribution in [0.2, 0.25) is 0 Å². The maximum atomic E-state index is 13.6. The zero-order chi connectivity index (χ0) is 22.6. The van der Waals surface area contributed by atoms with Gasteiger partial charge in [0.05, 0.1) is 23.1 Å². The summed E-state index contributed by atoms with van der Waals surface area (Å²) in [5, 5.41) is 0.473. The second-order valence-electron chi connectivity index (χ2n) is 9.68. The predicted octanol–water partition coefficient (Wildman–Crippen LogP) is 5.58. The maximum absolute atomic E-state index is 13.6. The van der Waals surface area contributed by atoms with Crippen molar-refractivity contribution in [3.63, 3.8) is 0 Å². The van der Waals surface area contributed by atoms with Crippen LogP contribution in [0.4, 0.5) is 0 Å². The van der Waals surface area contributed by atoms with Crippen LogP contribution < -0.4 is 5.43 Å². The number of benzene rings is 2. The topological polar surface area (TPSA) is 59.8 Å². The van der Waals surface area contributed by atoms with E-state index in [0.717, 1.165) is 22.9 Å². The highest BCUT2D eigenvalue weighted by Gasteiger charge is 2.44. The highest BCUT2D eigenvalue weighted by Crippen LogP contribution is 2.39. The van der Waals surface area contributed by atoms with Crippen LogP contribution in [0.3, 0.4) is 0 Å². The average molecular weight is 496 g/mol. The number of nitrogens with zero attached hydrogens (tertiary/aromatic N) is 1. The van der Waals surface area contributed by atoms with Crippen molar-refractivity contribution in [1.29, 1.82) is 0 Å². The lowest BCUT2D eigenvalue weighted by molar-refractivity contribution is 0.0486. The average Bonchev–Trinajstić information content (AvgIpc) is 3.36. The summed E-state index contributed by atoms with van der Waals surface area (Å²) >= 11 is 3.44. The minimum absolute atomic E-state index is 0.0147. The van der Waals surface area contributed by atoms with Gasteiger partial charge in [0.25, 0.3) is 5.91 Å². The standard InChI is InChI=1S/C26H26BrNO4/c1-26(2,3)16-8-6-15(7-9-16)22-21-23(29)19-13-17(27)10-11-20(19)32-24(21)25(30)28(22)14-18-5-4-12-31-18/h6-11,13,18,22H,4-5,12,14H2,1-3H3/t18-,22+/m1/s1. The van der Waals surface area contributed by atoms with Crippen LogP contribution >= 0.6 is 15.9 Å². The van der Waals surface area contributed by atoms with Crippen LogP contribution in [0, 0.1) is 0 Å². The Bertz CT molecular complexity index is 1250. The van der Waals surface area contributed by atoms with Crippen LogP contribution in [0.5, 0.6) is 0 Å². The van der Waals surface area contributed by atoms with Crippen molar-refractivity contribution in [2.45, 2.75) is 51.2 Å². The third kappa shape index (κ3) is 3.59. The van der Waals surface area contributed by atoms with Crippen molar-refractivity contribution in [3.8, 4) is 0 Å². The lowest BCUT2D eigenvalue weighted by Gasteiger charge is -2.28. The molecule has 6 heteroatoms. The first kappa shape index (κ1) is 21.4. The van der Waals surface area contributed by atoms with Gasteiger partial charge in [-0.1, -0.05) is 61.0 Å². The maximum Gasteiger partial charge on any atom is 0.291 e. The van der Waals surface area contributed by atoms with Crippen LogP contribution in [-0.2, 0) is 10.2 Å². The van der Waals surface area contributed by atoms with Gasteiger partial charge in [0.2, 0.25) is 5.76 Å². The van der Waals surface area contributed by atoms with Crippen molar-refractivity contribution in [2.24, 2.45) is 0 Å². The Morgan fingerprint density at radius 3 is 2.50 bits per heavy atom. The Balaban J connectivity index is 1.67. The van der Waals surface area contributed by atoms with Crippen molar-refractivity contribution >= 4 is 32.8 Å². The van der Waals surface area contributed by atoms with Gasteiger partial charge in [0, 0.05) is 17.6 Å². The van der Waals surface area contributed by atoms with Crippen LogP contribution in [0.15, 0.2) is 56.1 Å². The molecule has 166 valence electrons. The van der Waals surface area contributed by atoms with E-state index in [2.05, 4.69) is 48.8 Å². The molecule has 5 rings (SSSR count). The molecule has 0 N–H and O–H groups in total. The van der Waals surface area contributed by atoms with Crippen LogP contribution in [0.25, 0.3) is 11.0 Å². The van der Waals surface area contributed by atoms with E-state index >= 15 is 0 Å². The van der Waals surface area contributed by atoms with Crippen molar-refractivity contribution in [2.75, 3.05) is 13.2 Å². The van der Waals surface area contributed by atoms with Gasteiger partial charge >= 0.3 is 0 Å². The predicted molar refractivity (Wildman–Crippen MR) is 127 cm³/mol. The molecule has 0 aliphatic carbocycles. The third-order valence-electron chi connectivity index (χ3n) is 6.44. The number of carbonyl (C=O) groups is 1. The first-order valence-electron chi connectivity index (χ1n) is 11.0. The SMILES string of the molecule is CC(C)(C)c1ccc([C@H]2c3c(oc4ccc(Br)cc4c3=O)C(=O)N2C[C@H]2CCCO2)cc1. The van der Waals surface area contributed by atoms with E-state index in [1.54, 1.807) is 17.0 Å². The van der Waals surface area contributed by atoms with Crippen LogP contribution in [-0.4, -0.2) is 30.1 Å². The molecule has 2 aliphatic heterocycles. The Labute approximate surface area is 195 Å². The molecular weight excluding hydrogens is 470 g/mol. The number of hydrogen-bond acceptors (Lipinski definition) is 4. The zero-order valence-corrected chi connectivity index (χ0v) is 20.1. The Kier molecular flexibility index (Phi) is 5.25. The van der Waals surface area contributed by atoms with Crippen molar-refractivity contribution in [1.82, 2.24) is 4.90 Å². The normalized spacial score (nSPS) is 20.9. The van der Waals surface area contributed by atoms with Gasteiger partial charge in [-0.2, -0.15) is 0 Å². The highest BCUT2D eigenvalue weighted by molar-refractivity contribution is 9.10. The largest absolute Gasteiger partial charge is 0.450 e. The van der Waals surface area contributed by atoms with E-state index in [1.807, 2.05) is 18.2 Å². The second kappa shape index (κ2) is 7.85. The molecule has 1 amide bonds. The molecule has 0 unspecified atom stereocenters. The quantitative estimate of drug-likeness (QED) is 0.475. The summed E-state index contributed by atoms with van der Waals surface area (Å²) in [5.41, 5.74) is 2.81. The number of hydrogen-bond donors (Lipinski definition) is 0. The zero-order valence-electron chi connectivity index (χ0n) is 18.5. The van der Waals surface area contributed by atoms with Gasteiger partial charge in [-0.05, 0) is 47.6 Å². The molecule has 0 radical (unpaired) electrons. The first-order chi connectivity index (χ1) is 15.2. The van der Waals surface area contributed by atoms with Crippen LogP contribution in [0.1, 0.15) is 66.9 Å². The molecule has 0 bridgehead atoms. The number of rotatable bonds is 3. The molecular formula is C26H26BrNO4. The summed E-state index contributed by atoms with van der Waals surface area (Å²) in [5.74, 6) is -0.102. The Hall–Kier alpha value is -2.44. The number of ether oxygens (including phenoxy) is 1. The van der Waals surface area contributed by atoms with E-state index in [0.29, 0.717) is 29.7 Å². The van der Waals surface area contributed by atoms with E-state index in [4.69, 9.17) is 9.15 Å². The summed E-state index contributed by atoms with van der Waals surface area (Å²) < 4.78 is 12.6. The number of amides is 1. The summed E-state index contributed by atoms with van der Waals surface area (Å²) in [6, 6.07) is 13.0. The van der Waals surface area contributed by atoms with Gasteiger partial charge in [-0.25, -0.2) is 0 Å². The molecule has 1 aromatic heterocycles.